The highest BCUT2D eigenvalue weighted by Crippen LogP contribution is 2.12. The first kappa shape index (κ1) is 11.5. The molecular weight excluding hydrogens is 200 g/mol. The highest BCUT2D eigenvalue weighted by atomic mass is 35.5. The van der Waals surface area contributed by atoms with E-state index in [0.717, 1.165) is 18.0 Å². The molecule has 0 spiro atoms. The average Bonchev–Trinajstić information content (AvgIpc) is 2.53. The molecule has 2 rings (SSSR count). The maximum atomic E-state index is 5.03. The van der Waals surface area contributed by atoms with Crippen LogP contribution in [0, 0.1) is 6.92 Å². The summed E-state index contributed by atoms with van der Waals surface area (Å²) < 4.78 is 5.03. The van der Waals surface area contributed by atoms with E-state index >= 15 is 0 Å². The summed E-state index contributed by atoms with van der Waals surface area (Å²) in [6.07, 6.45) is 4.04. The van der Waals surface area contributed by atoms with Gasteiger partial charge in [-0.05, 0) is 32.9 Å². The Bertz CT molecular complexity index is 269. The highest BCUT2D eigenvalue weighted by molar-refractivity contribution is 5.85. The van der Waals surface area contributed by atoms with E-state index in [1.165, 1.54) is 32.4 Å². The van der Waals surface area contributed by atoms with Gasteiger partial charge in [0.2, 0.25) is 0 Å². The van der Waals surface area contributed by atoms with E-state index in [9.17, 15) is 0 Å². The zero-order valence-corrected chi connectivity index (χ0v) is 9.35. The van der Waals surface area contributed by atoms with Crippen molar-refractivity contribution in [1.82, 2.24) is 10.1 Å². The van der Waals surface area contributed by atoms with Crippen molar-refractivity contribution in [2.45, 2.75) is 32.7 Å². The zero-order valence-electron chi connectivity index (χ0n) is 8.53. The number of likely N-dealkylation sites (tertiary alicyclic amines) is 1. The zero-order chi connectivity index (χ0) is 9.10. The van der Waals surface area contributed by atoms with Gasteiger partial charge in [0, 0.05) is 12.6 Å². The number of hydrogen-bond donors (Lipinski definition) is 0. The lowest BCUT2D eigenvalue weighted by Gasteiger charge is -2.25. The number of halogens is 1. The summed E-state index contributed by atoms with van der Waals surface area (Å²) in [4.78, 5) is 2.45. The quantitative estimate of drug-likeness (QED) is 0.760. The Morgan fingerprint density at radius 2 is 2.07 bits per heavy atom. The van der Waals surface area contributed by atoms with Gasteiger partial charge in [-0.25, -0.2) is 0 Å². The van der Waals surface area contributed by atoms with E-state index in [0.29, 0.717) is 0 Å². The molecule has 1 aliphatic heterocycles. The predicted octanol–water partition coefficient (Wildman–Crippen LogP) is 2.39. The van der Waals surface area contributed by atoms with Crippen LogP contribution in [-0.4, -0.2) is 23.1 Å². The fourth-order valence-corrected chi connectivity index (χ4v) is 1.84. The standard InChI is InChI=1S/C10H16N2O.ClH/c1-9-7-10(11-13-9)8-12-5-3-2-4-6-12;/h7H,2-6,8H2,1H3;1H. The lowest BCUT2D eigenvalue weighted by atomic mass is 10.1. The molecule has 1 aliphatic rings. The number of aryl methyl sites for hydroxylation is 1. The molecule has 1 aromatic heterocycles. The highest BCUT2D eigenvalue weighted by Gasteiger charge is 2.11. The number of rotatable bonds is 2. The SMILES string of the molecule is Cc1cc(CN2CCCCC2)no1.Cl. The summed E-state index contributed by atoms with van der Waals surface area (Å²) in [5.41, 5.74) is 1.07. The van der Waals surface area contributed by atoms with Crippen LogP contribution < -0.4 is 0 Å². The monoisotopic (exact) mass is 216 g/mol. The maximum absolute atomic E-state index is 5.03. The van der Waals surface area contributed by atoms with Gasteiger partial charge >= 0.3 is 0 Å². The minimum atomic E-state index is 0. The Balaban J connectivity index is 0.000000980. The summed E-state index contributed by atoms with van der Waals surface area (Å²) in [5.74, 6) is 0.909. The van der Waals surface area contributed by atoms with Crippen LogP contribution >= 0.6 is 12.4 Å². The minimum Gasteiger partial charge on any atom is -0.361 e. The summed E-state index contributed by atoms with van der Waals surface area (Å²) in [6, 6.07) is 2.02. The third-order valence-corrected chi connectivity index (χ3v) is 2.51. The fourth-order valence-electron chi connectivity index (χ4n) is 1.84. The summed E-state index contributed by atoms with van der Waals surface area (Å²) >= 11 is 0. The van der Waals surface area contributed by atoms with Crippen molar-refractivity contribution in [3.8, 4) is 0 Å². The normalized spacial score (nSPS) is 17.8. The second-order valence-electron chi connectivity index (χ2n) is 3.77. The Hall–Kier alpha value is -0.540. The van der Waals surface area contributed by atoms with E-state index < -0.39 is 0 Å². The van der Waals surface area contributed by atoms with E-state index in [1.54, 1.807) is 0 Å². The summed E-state index contributed by atoms with van der Waals surface area (Å²) in [7, 11) is 0. The molecule has 2 heterocycles. The van der Waals surface area contributed by atoms with Crippen molar-refractivity contribution >= 4 is 12.4 Å². The largest absolute Gasteiger partial charge is 0.361 e. The third kappa shape index (κ3) is 3.00. The van der Waals surface area contributed by atoms with Crippen LogP contribution in [0.15, 0.2) is 10.6 Å². The molecule has 1 saturated heterocycles. The first-order chi connectivity index (χ1) is 6.34. The molecule has 0 atom stereocenters. The molecule has 0 amide bonds. The van der Waals surface area contributed by atoms with Crippen molar-refractivity contribution < 1.29 is 4.52 Å². The second-order valence-corrected chi connectivity index (χ2v) is 3.77. The van der Waals surface area contributed by atoms with Gasteiger partial charge in [0.15, 0.2) is 0 Å². The predicted molar refractivity (Wildman–Crippen MR) is 57.6 cm³/mol. The lowest BCUT2D eigenvalue weighted by molar-refractivity contribution is 0.214. The first-order valence-corrected chi connectivity index (χ1v) is 4.99. The van der Waals surface area contributed by atoms with Gasteiger partial charge in [-0.3, -0.25) is 4.90 Å². The van der Waals surface area contributed by atoms with Gasteiger partial charge in [0.25, 0.3) is 0 Å². The Kier molecular flexibility index (Phi) is 4.42. The number of piperidine rings is 1. The molecule has 1 aromatic rings. The van der Waals surface area contributed by atoms with Crippen LogP contribution in [0.4, 0.5) is 0 Å². The molecule has 0 radical (unpaired) electrons. The van der Waals surface area contributed by atoms with Crippen LogP contribution in [0.5, 0.6) is 0 Å². The molecule has 3 nitrogen and oxygen atoms in total. The van der Waals surface area contributed by atoms with Crippen molar-refractivity contribution in [2.24, 2.45) is 0 Å². The third-order valence-electron chi connectivity index (χ3n) is 2.51. The first-order valence-electron chi connectivity index (χ1n) is 4.99. The van der Waals surface area contributed by atoms with E-state index in [2.05, 4.69) is 10.1 Å². The smallest absolute Gasteiger partial charge is 0.133 e. The molecule has 0 N–H and O–H groups in total. The second kappa shape index (κ2) is 5.37. The van der Waals surface area contributed by atoms with Crippen molar-refractivity contribution in [3.05, 3.63) is 17.5 Å². The van der Waals surface area contributed by atoms with Crippen LogP contribution in [0.2, 0.25) is 0 Å². The van der Waals surface area contributed by atoms with E-state index in [4.69, 9.17) is 4.52 Å². The number of nitrogens with zero attached hydrogens (tertiary/aromatic N) is 2. The molecule has 0 aromatic carbocycles. The van der Waals surface area contributed by atoms with Gasteiger partial charge < -0.3 is 4.52 Å². The molecule has 14 heavy (non-hydrogen) atoms. The summed E-state index contributed by atoms with van der Waals surface area (Å²) in [5, 5.41) is 3.99. The molecule has 4 heteroatoms. The van der Waals surface area contributed by atoms with Crippen LogP contribution in [0.3, 0.4) is 0 Å². The van der Waals surface area contributed by atoms with Crippen molar-refractivity contribution in [1.29, 1.82) is 0 Å². The lowest BCUT2D eigenvalue weighted by Crippen LogP contribution is -2.29. The molecule has 0 saturated carbocycles. The van der Waals surface area contributed by atoms with Crippen molar-refractivity contribution in [3.63, 3.8) is 0 Å². The molecule has 0 bridgehead atoms. The van der Waals surface area contributed by atoms with Gasteiger partial charge in [-0.15, -0.1) is 12.4 Å². The topological polar surface area (TPSA) is 29.3 Å². The van der Waals surface area contributed by atoms with Crippen LogP contribution in [-0.2, 0) is 6.54 Å². The number of aromatic nitrogens is 1. The molecule has 0 aliphatic carbocycles. The van der Waals surface area contributed by atoms with Gasteiger partial charge in [-0.1, -0.05) is 11.6 Å². The minimum absolute atomic E-state index is 0. The van der Waals surface area contributed by atoms with Crippen LogP contribution in [0.1, 0.15) is 30.7 Å². The van der Waals surface area contributed by atoms with E-state index in [-0.39, 0.29) is 12.4 Å². The Labute approximate surface area is 90.9 Å². The fraction of sp³-hybridized carbons (Fsp3) is 0.700. The van der Waals surface area contributed by atoms with Gasteiger partial charge in [0.1, 0.15) is 5.76 Å². The average molecular weight is 217 g/mol. The molecule has 80 valence electrons. The summed E-state index contributed by atoms with van der Waals surface area (Å²) in [6.45, 7) is 5.32. The molecule has 1 fully saturated rings. The molecule has 0 unspecified atom stereocenters. The maximum Gasteiger partial charge on any atom is 0.133 e. The van der Waals surface area contributed by atoms with Crippen molar-refractivity contribution in [2.75, 3.05) is 13.1 Å². The Morgan fingerprint density at radius 1 is 1.36 bits per heavy atom. The molecular formula is C10H17ClN2O. The number of hydrogen-bond acceptors (Lipinski definition) is 3. The van der Waals surface area contributed by atoms with E-state index in [1.807, 2.05) is 13.0 Å². The Morgan fingerprint density at radius 3 is 2.64 bits per heavy atom. The van der Waals surface area contributed by atoms with Gasteiger partial charge in [0.05, 0.1) is 5.69 Å². The van der Waals surface area contributed by atoms with Gasteiger partial charge in [-0.2, -0.15) is 0 Å². The van der Waals surface area contributed by atoms with Crippen LogP contribution in [0.25, 0.3) is 0 Å².